The Labute approximate surface area is 112 Å². The van der Waals surface area contributed by atoms with Gasteiger partial charge in [0.15, 0.2) is 0 Å². The quantitative estimate of drug-likeness (QED) is 0.432. The fourth-order valence-electron chi connectivity index (χ4n) is 1.86. The van der Waals surface area contributed by atoms with Crippen LogP contribution in [0.5, 0.6) is 0 Å². The number of nitro groups is 1. The molecule has 0 spiro atoms. The molecule has 19 heavy (non-hydrogen) atoms. The van der Waals surface area contributed by atoms with E-state index in [0.717, 1.165) is 5.69 Å². The molecule has 4 N–H and O–H groups in total. The van der Waals surface area contributed by atoms with Crippen molar-refractivity contribution in [2.45, 2.75) is 33.2 Å². The van der Waals surface area contributed by atoms with Gasteiger partial charge in [0.05, 0.1) is 4.92 Å². The molecule has 0 aliphatic heterocycles. The van der Waals surface area contributed by atoms with Gasteiger partial charge in [0, 0.05) is 24.4 Å². The maximum atomic E-state index is 10.7. The average Bonchev–Trinajstić information content (AvgIpc) is 2.26. The van der Waals surface area contributed by atoms with E-state index in [1.165, 1.54) is 6.07 Å². The van der Waals surface area contributed by atoms with Gasteiger partial charge in [-0.2, -0.15) is 0 Å². The van der Waals surface area contributed by atoms with Crippen LogP contribution in [0.2, 0.25) is 0 Å². The Bertz CT molecular complexity index is 455. The summed E-state index contributed by atoms with van der Waals surface area (Å²) in [6.07, 6.45) is 0.598. The molecule has 1 aromatic carbocycles. The fourth-order valence-corrected chi connectivity index (χ4v) is 1.86. The zero-order valence-corrected chi connectivity index (χ0v) is 11.5. The van der Waals surface area contributed by atoms with Crippen molar-refractivity contribution in [2.24, 2.45) is 5.41 Å². The number of benzene rings is 1. The predicted octanol–water partition coefficient (Wildman–Crippen LogP) is 2.39. The third-order valence-electron chi connectivity index (χ3n) is 3.03. The summed E-state index contributed by atoms with van der Waals surface area (Å²) < 4.78 is 0. The van der Waals surface area contributed by atoms with Crippen molar-refractivity contribution < 1.29 is 10.0 Å². The van der Waals surface area contributed by atoms with Crippen molar-refractivity contribution in [2.75, 3.05) is 17.7 Å². The number of nitrogen functional groups attached to an aromatic ring is 1. The Morgan fingerprint density at radius 3 is 2.53 bits per heavy atom. The summed E-state index contributed by atoms with van der Waals surface area (Å²) in [5, 5.41) is 23.0. The first-order chi connectivity index (χ1) is 8.75. The van der Waals surface area contributed by atoms with Crippen molar-refractivity contribution in [3.05, 3.63) is 28.3 Å². The summed E-state index contributed by atoms with van der Waals surface area (Å²) in [6.45, 7) is 6.27. The fraction of sp³-hybridized carbons (Fsp3) is 0.538. The molecule has 0 radical (unpaired) electrons. The molecule has 1 rings (SSSR count). The first-order valence-corrected chi connectivity index (χ1v) is 6.17. The van der Waals surface area contributed by atoms with E-state index in [9.17, 15) is 10.1 Å². The van der Waals surface area contributed by atoms with E-state index >= 15 is 0 Å². The second-order valence-electron chi connectivity index (χ2n) is 5.61. The van der Waals surface area contributed by atoms with Gasteiger partial charge in [-0.1, -0.05) is 20.8 Å². The van der Waals surface area contributed by atoms with Crippen molar-refractivity contribution in [3.63, 3.8) is 0 Å². The van der Waals surface area contributed by atoms with E-state index in [2.05, 4.69) is 26.1 Å². The molecular weight excluding hydrogens is 246 g/mol. The number of rotatable bonds is 5. The number of nitro benzene ring substituents is 1. The lowest BCUT2D eigenvalue weighted by Gasteiger charge is -2.32. The van der Waals surface area contributed by atoms with Crippen LogP contribution in [0.15, 0.2) is 18.2 Å². The molecule has 0 saturated carbocycles. The first-order valence-electron chi connectivity index (χ1n) is 6.17. The number of aliphatic hydroxyl groups is 1. The number of nitrogens with one attached hydrogen (secondary N) is 1. The second kappa shape index (κ2) is 5.88. The van der Waals surface area contributed by atoms with E-state index < -0.39 is 4.92 Å². The minimum atomic E-state index is -0.506. The lowest BCUT2D eigenvalue weighted by Crippen LogP contribution is -2.34. The Morgan fingerprint density at radius 2 is 2.11 bits per heavy atom. The van der Waals surface area contributed by atoms with E-state index in [4.69, 9.17) is 10.8 Å². The Kier molecular flexibility index (Phi) is 4.72. The highest BCUT2D eigenvalue weighted by atomic mass is 16.6. The molecule has 0 aliphatic carbocycles. The number of hydrogen-bond donors (Lipinski definition) is 3. The summed E-state index contributed by atoms with van der Waals surface area (Å²) in [4.78, 5) is 10.2. The van der Waals surface area contributed by atoms with Crippen LogP contribution < -0.4 is 11.1 Å². The third-order valence-corrected chi connectivity index (χ3v) is 3.03. The van der Waals surface area contributed by atoms with Gasteiger partial charge in [0.2, 0.25) is 0 Å². The zero-order chi connectivity index (χ0) is 14.6. The Balaban J connectivity index is 2.92. The number of hydrogen-bond acceptors (Lipinski definition) is 5. The minimum Gasteiger partial charge on any atom is -0.396 e. The van der Waals surface area contributed by atoms with Gasteiger partial charge in [0.25, 0.3) is 5.69 Å². The monoisotopic (exact) mass is 267 g/mol. The predicted molar refractivity (Wildman–Crippen MR) is 76.1 cm³/mol. The Hall–Kier alpha value is -1.82. The molecule has 0 aromatic heterocycles. The molecule has 1 atom stereocenters. The maximum Gasteiger partial charge on any atom is 0.292 e. The molecule has 6 heteroatoms. The van der Waals surface area contributed by atoms with Gasteiger partial charge >= 0.3 is 0 Å². The van der Waals surface area contributed by atoms with E-state index in [1.807, 2.05) is 0 Å². The molecule has 1 unspecified atom stereocenters. The lowest BCUT2D eigenvalue weighted by molar-refractivity contribution is -0.383. The van der Waals surface area contributed by atoms with Gasteiger partial charge in [0.1, 0.15) is 5.69 Å². The van der Waals surface area contributed by atoms with Crippen LogP contribution in [-0.2, 0) is 0 Å². The molecule has 0 aliphatic rings. The SMILES string of the molecule is CC(C)(C)C(CCO)Nc1ccc([N+](=O)[O-])c(N)c1. The molecule has 6 nitrogen and oxygen atoms in total. The summed E-state index contributed by atoms with van der Waals surface area (Å²) in [6, 6.07) is 4.62. The van der Waals surface area contributed by atoms with Crippen LogP contribution in [-0.4, -0.2) is 22.7 Å². The molecule has 0 saturated heterocycles. The van der Waals surface area contributed by atoms with Crippen LogP contribution in [0.25, 0.3) is 0 Å². The van der Waals surface area contributed by atoms with Crippen molar-refractivity contribution in [1.82, 2.24) is 0 Å². The number of nitrogens with zero attached hydrogens (tertiary/aromatic N) is 1. The number of nitrogens with two attached hydrogens (primary N) is 1. The van der Waals surface area contributed by atoms with E-state index in [-0.39, 0.29) is 29.4 Å². The van der Waals surface area contributed by atoms with Crippen LogP contribution >= 0.6 is 0 Å². The topological polar surface area (TPSA) is 101 Å². The van der Waals surface area contributed by atoms with Crippen LogP contribution in [0, 0.1) is 15.5 Å². The van der Waals surface area contributed by atoms with Crippen LogP contribution in [0.1, 0.15) is 27.2 Å². The molecule has 106 valence electrons. The summed E-state index contributed by atoms with van der Waals surface area (Å²) in [7, 11) is 0. The maximum absolute atomic E-state index is 10.7. The molecule has 0 heterocycles. The van der Waals surface area contributed by atoms with Gasteiger partial charge in [-0.3, -0.25) is 10.1 Å². The highest BCUT2D eigenvalue weighted by molar-refractivity contribution is 5.66. The minimum absolute atomic E-state index is 0.0424. The van der Waals surface area contributed by atoms with Crippen molar-refractivity contribution in [1.29, 1.82) is 0 Å². The van der Waals surface area contributed by atoms with E-state index in [0.29, 0.717) is 6.42 Å². The number of aliphatic hydroxyl groups excluding tert-OH is 1. The van der Waals surface area contributed by atoms with Gasteiger partial charge < -0.3 is 16.2 Å². The van der Waals surface area contributed by atoms with Crippen molar-refractivity contribution in [3.8, 4) is 0 Å². The molecule has 0 fully saturated rings. The summed E-state index contributed by atoms with van der Waals surface area (Å²) in [5.74, 6) is 0. The highest BCUT2D eigenvalue weighted by Crippen LogP contribution is 2.29. The Morgan fingerprint density at radius 1 is 1.47 bits per heavy atom. The average molecular weight is 267 g/mol. The molecule has 0 amide bonds. The van der Waals surface area contributed by atoms with Gasteiger partial charge in [-0.25, -0.2) is 0 Å². The molecule has 0 bridgehead atoms. The van der Waals surface area contributed by atoms with Gasteiger partial charge in [-0.05, 0) is 24.0 Å². The first kappa shape index (κ1) is 15.2. The van der Waals surface area contributed by atoms with Crippen LogP contribution in [0.4, 0.5) is 17.1 Å². The number of anilines is 2. The molecular formula is C13H21N3O3. The zero-order valence-electron chi connectivity index (χ0n) is 11.5. The second-order valence-corrected chi connectivity index (χ2v) is 5.61. The standard InChI is InChI=1S/C13H21N3O3/c1-13(2,3)12(6-7-17)15-9-4-5-11(16(18)19)10(14)8-9/h4-5,8,12,15,17H,6-7,14H2,1-3H3. The van der Waals surface area contributed by atoms with Gasteiger partial charge in [-0.15, -0.1) is 0 Å². The normalized spacial score (nSPS) is 13.1. The third kappa shape index (κ3) is 4.10. The van der Waals surface area contributed by atoms with E-state index in [1.54, 1.807) is 12.1 Å². The smallest absolute Gasteiger partial charge is 0.292 e. The highest BCUT2D eigenvalue weighted by Gasteiger charge is 2.24. The lowest BCUT2D eigenvalue weighted by atomic mass is 9.85. The molecule has 1 aromatic rings. The summed E-state index contributed by atoms with van der Waals surface area (Å²) in [5.41, 5.74) is 6.36. The largest absolute Gasteiger partial charge is 0.396 e. The van der Waals surface area contributed by atoms with Crippen LogP contribution in [0.3, 0.4) is 0 Å². The summed E-state index contributed by atoms with van der Waals surface area (Å²) >= 11 is 0. The van der Waals surface area contributed by atoms with Crippen molar-refractivity contribution >= 4 is 17.1 Å².